The van der Waals surface area contributed by atoms with Crippen LogP contribution >= 0.6 is 0 Å². The fourth-order valence-electron chi connectivity index (χ4n) is 3.81. The summed E-state index contributed by atoms with van der Waals surface area (Å²) in [4.78, 5) is 68.5. The minimum atomic E-state index is -1.25. The monoisotopic (exact) mass is 544 g/mol. The summed E-state index contributed by atoms with van der Waals surface area (Å²) < 4.78 is 0. The van der Waals surface area contributed by atoms with E-state index in [9.17, 15) is 29.1 Å². The lowest BCUT2D eigenvalue weighted by Gasteiger charge is -2.26. The standard InChI is InChI=1S/C26H36N6O7/c1-15(2)10-19(30-23(35)18(27)8-9-22(33)34)24(36)31-20(12-17-13-28-14-29-17)25(37)32-21(26(38)39)11-16-6-4-3-5-7-16/h3-7,13-15,18-21H,8-12,27H2,1-2H3,(H,28,29)(H,30,35)(H,31,36)(H,32,37)(H,33,34)(H,38,39). The van der Waals surface area contributed by atoms with Gasteiger partial charge in [0.1, 0.15) is 18.1 Å². The SMILES string of the molecule is CC(C)CC(NC(=O)C(N)CCC(=O)O)C(=O)NC(Cc1cnc[nH]1)C(=O)NC(Cc1ccccc1)C(=O)O. The number of carboxylic acids is 2. The van der Waals surface area contributed by atoms with E-state index in [0.29, 0.717) is 11.3 Å². The summed E-state index contributed by atoms with van der Waals surface area (Å²) in [6.07, 6.45) is 2.69. The van der Waals surface area contributed by atoms with Crippen molar-refractivity contribution in [3.8, 4) is 0 Å². The van der Waals surface area contributed by atoms with Gasteiger partial charge in [-0.25, -0.2) is 9.78 Å². The molecule has 4 atom stereocenters. The summed E-state index contributed by atoms with van der Waals surface area (Å²) in [5.74, 6) is -4.46. The minimum absolute atomic E-state index is 0.0181. The Labute approximate surface area is 226 Å². The third kappa shape index (κ3) is 10.9. The molecule has 0 aliphatic rings. The highest BCUT2D eigenvalue weighted by atomic mass is 16.4. The summed E-state index contributed by atoms with van der Waals surface area (Å²) in [6.45, 7) is 3.68. The molecule has 0 aliphatic carbocycles. The molecule has 0 fully saturated rings. The van der Waals surface area contributed by atoms with Crippen molar-refractivity contribution in [1.82, 2.24) is 25.9 Å². The van der Waals surface area contributed by atoms with E-state index in [1.165, 1.54) is 12.5 Å². The second-order valence-electron chi connectivity index (χ2n) is 9.66. The van der Waals surface area contributed by atoms with Crippen LogP contribution in [-0.4, -0.2) is 74.0 Å². The fraction of sp³-hybridized carbons (Fsp3) is 0.462. The third-order valence-electron chi connectivity index (χ3n) is 5.86. The van der Waals surface area contributed by atoms with Gasteiger partial charge in [-0.05, 0) is 24.3 Å². The van der Waals surface area contributed by atoms with Crippen molar-refractivity contribution < 1.29 is 34.2 Å². The van der Waals surface area contributed by atoms with Crippen LogP contribution in [0.25, 0.3) is 0 Å². The Morgan fingerprint density at radius 3 is 2.08 bits per heavy atom. The highest BCUT2D eigenvalue weighted by Crippen LogP contribution is 2.09. The van der Waals surface area contributed by atoms with Crippen LogP contribution in [0.2, 0.25) is 0 Å². The van der Waals surface area contributed by atoms with E-state index in [2.05, 4.69) is 25.9 Å². The maximum Gasteiger partial charge on any atom is 0.326 e. The van der Waals surface area contributed by atoms with Crippen molar-refractivity contribution in [2.45, 2.75) is 70.1 Å². The van der Waals surface area contributed by atoms with Gasteiger partial charge < -0.3 is 36.9 Å². The van der Waals surface area contributed by atoms with Crippen LogP contribution in [0.15, 0.2) is 42.9 Å². The number of carbonyl (C=O) groups excluding carboxylic acids is 3. The van der Waals surface area contributed by atoms with Crippen LogP contribution in [0.5, 0.6) is 0 Å². The summed E-state index contributed by atoms with van der Waals surface area (Å²) in [7, 11) is 0. The van der Waals surface area contributed by atoms with Gasteiger partial charge in [0, 0.05) is 31.2 Å². The number of H-pyrrole nitrogens is 1. The number of carboxylic acid groups (broad SMARTS) is 2. The minimum Gasteiger partial charge on any atom is -0.481 e. The first-order chi connectivity index (χ1) is 18.5. The lowest BCUT2D eigenvalue weighted by Crippen LogP contribution is -2.58. The van der Waals surface area contributed by atoms with Gasteiger partial charge >= 0.3 is 11.9 Å². The van der Waals surface area contributed by atoms with Gasteiger partial charge in [0.25, 0.3) is 0 Å². The number of nitrogens with two attached hydrogens (primary N) is 1. The number of hydrogen-bond donors (Lipinski definition) is 7. The van der Waals surface area contributed by atoms with E-state index in [0.717, 1.165) is 0 Å². The fourth-order valence-corrected chi connectivity index (χ4v) is 3.81. The first kappa shape index (κ1) is 31.0. The molecule has 2 rings (SSSR count). The number of carbonyl (C=O) groups is 5. The number of aromatic nitrogens is 2. The molecule has 13 heteroatoms. The molecule has 0 spiro atoms. The zero-order valence-electron chi connectivity index (χ0n) is 21.9. The average molecular weight is 545 g/mol. The van der Waals surface area contributed by atoms with Crippen molar-refractivity contribution in [1.29, 1.82) is 0 Å². The molecule has 1 aromatic heterocycles. The second kappa shape index (κ2) is 15.2. The average Bonchev–Trinajstić information content (AvgIpc) is 3.39. The number of amides is 3. The van der Waals surface area contributed by atoms with Crippen molar-refractivity contribution in [2.24, 2.45) is 11.7 Å². The van der Waals surface area contributed by atoms with Crippen molar-refractivity contribution in [3.05, 3.63) is 54.1 Å². The molecular formula is C26H36N6O7. The van der Waals surface area contributed by atoms with Crippen molar-refractivity contribution in [3.63, 3.8) is 0 Å². The summed E-state index contributed by atoms with van der Waals surface area (Å²) in [5.41, 5.74) is 7.02. The predicted molar refractivity (Wildman–Crippen MR) is 140 cm³/mol. The Bertz CT molecular complexity index is 1110. The molecule has 0 aliphatic heterocycles. The number of rotatable bonds is 16. The molecule has 39 heavy (non-hydrogen) atoms. The van der Waals surface area contributed by atoms with Crippen LogP contribution in [0.4, 0.5) is 0 Å². The molecule has 13 nitrogen and oxygen atoms in total. The first-order valence-corrected chi connectivity index (χ1v) is 12.6. The summed E-state index contributed by atoms with van der Waals surface area (Å²) in [6, 6.07) is 4.15. The number of imidazole rings is 1. The molecule has 212 valence electrons. The van der Waals surface area contributed by atoms with Crippen LogP contribution in [0.3, 0.4) is 0 Å². The van der Waals surface area contributed by atoms with Crippen LogP contribution in [0, 0.1) is 5.92 Å². The number of aliphatic carboxylic acids is 2. The quantitative estimate of drug-likeness (QED) is 0.151. The molecule has 2 aromatic rings. The number of aromatic amines is 1. The molecule has 1 heterocycles. The van der Waals surface area contributed by atoms with E-state index >= 15 is 0 Å². The molecule has 0 bridgehead atoms. The van der Waals surface area contributed by atoms with E-state index in [-0.39, 0.29) is 38.0 Å². The molecule has 4 unspecified atom stereocenters. The lowest BCUT2D eigenvalue weighted by atomic mass is 10.0. The molecule has 0 saturated heterocycles. The normalized spacial score (nSPS) is 14.1. The highest BCUT2D eigenvalue weighted by Gasteiger charge is 2.31. The van der Waals surface area contributed by atoms with Gasteiger partial charge in [-0.15, -0.1) is 0 Å². The first-order valence-electron chi connectivity index (χ1n) is 12.6. The molecule has 0 saturated carbocycles. The predicted octanol–water partition coefficient (Wildman–Crippen LogP) is -0.0279. The second-order valence-corrected chi connectivity index (χ2v) is 9.66. The zero-order valence-corrected chi connectivity index (χ0v) is 21.9. The van der Waals surface area contributed by atoms with Gasteiger partial charge in [0.15, 0.2) is 0 Å². The number of benzene rings is 1. The Hall–Kier alpha value is -4.26. The Kier molecular flexibility index (Phi) is 12.1. The summed E-state index contributed by atoms with van der Waals surface area (Å²) >= 11 is 0. The topological polar surface area (TPSA) is 217 Å². The van der Waals surface area contributed by atoms with E-state index in [1.807, 2.05) is 13.8 Å². The Morgan fingerprint density at radius 1 is 0.897 bits per heavy atom. The largest absolute Gasteiger partial charge is 0.481 e. The summed E-state index contributed by atoms with van der Waals surface area (Å²) in [5, 5.41) is 26.2. The van der Waals surface area contributed by atoms with Crippen LogP contribution in [-0.2, 0) is 36.8 Å². The van der Waals surface area contributed by atoms with E-state index in [4.69, 9.17) is 10.8 Å². The van der Waals surface area contributed by atoms with Gasteiger partial charge in [-0.1, -0.05) is 44.2 Å². The van der Waals surface area contributed by atoms with Gasteiger partial charge in [-0.2, -0.15) is 0 Å². The van der Waals surface area contributed by atoms with Gasteiger partial charge in [0.05, 0.1) is 12.4 Å². The number of nitrogens with zero attached hydrogens (tertiary/aromatic N) is 1. The lowest BCUT2D eigenvalue weighted by molar-refractivity contribution is -0.142. The van der Waals surface area contributed by atoms with E-state index < -0.39 is 53.8 Å². The third-order valence-corrected chi connectivity index (χ3v) is 5.86. The number of hydrogen-bond acceptors (Lipinski definition) is 7. The molecule has 1 aromatic carbocycles. The zero-order chi connectivity index (χ0) is 28.9. The highest BCUT2D eigenvalue weighted by molar-refractivity contribution is 5.94. The molecule has 3 amide bonds. The maximum atomic E-state index is 13.3. The van der Waals surface area contributed by atoms with Gasteiger partial charge in [-0.3, -0.25) is 19.2 Å². The number of nitrogens with one attached hydrogen (secondary N) is 4. The molecule has 8 N–H and O–H groups in total. The van der Waals surface area contributed by atoms with Crippen molar-refractivity contribution in [2.75, 3.05) is 0 Å². The molecule has 0 radical (unpaired) electrons. The van der Waals surface area contributed by atoms with Crippen LogP contribution < -0.4 is 21.7 Å². The Morgan fingerprint density at radius 2 is 1.51 bits per heavy atom. The van der Waals surface area contributed by atoms with E-state index in [1.54, 1.807) is 30.3 Å². The van der Waals surface area contributed by atoms with Crippen molar-refractivity contribution >= 4 is 29.7 Å². The smallest absolute Gasteiger partial charge is 0.326 e. The van der Waals surface area contributed by atoms with Gasteiger partial charge in [0.2, 0.25) is 17.7 Å². The maximum absolute atomic E-state index is 13.3. The van der Waals surface area contributed by atoms with Crippen LogP contribution in [0.1, 0.15) is 44.4 Å². The Balaban J connectivity index is 2.18. The molecular weight excluding hydrogens is 508 g/mol.